The van der Waals surface area contributed by atoms with Crippen molar-refractivity contribution < 1.29 is 13.9 Å². The predicted molar refractivity (Wildman–Crippen MR) is 85.9 cm³/mol. The van der Waals surface area contributed by atoms with E-state index in [0.29, 0.717) is 17.8 Å². The Labute approximate surface area is 133 Å². The molecule has 1 amide bonds. The van der Waals surface area contributed by atoms with Crippen LogP contribution in [-0.4, -0.2) is 48.7 Å². The van der Waals surface area contributed by atoms with Crippen LogP contribution in [0.15, 0.2) is 22.8 Å². The minimum atomic E-state index is -0.109. The molecule has 2 heterocycles. The third-order valence-corrected chi connectivity index (χ3v) is 4.38. The summed E-state index contributed by atoms with van der Waals surface area (Å²) in [6.45, 7) is 7.96. The SMILES string of the molecule is COC(C)(C)C[C@H](C)NC1CCN(C(=O)c2ccco2)CC1. The maximum Gasteiger partial charge on any atom is 0.289 e. The Balaban J connectivity index is 1.76. The summed E-state index contributed by atoms with van der Waals surface area (Å²) in [7, 11) is 1.76. The molecule has 2 rings (SSSR count). The monoisotopic (exact) mass is 308 g/mol. The number of carbonyl (C=O) groups is 1. The molecule has 22 heavy (non-hydrogen) atoms. The molecule has 1 fully saturated rings. The summed E-state index contributed by atoms with van der Waals surface area (Å²) in [6.07, 6.45) is 4.46. The lowest BCUT2D eigenvalue weighted by Gasteiger charge is -2.35. The van der Waals surface area contributed by atoms with E-state index in [9.17, 15) is 4.79 Å². The van der Waals surface area contributed by atoms with E-state index < -0.39 is 0 Å². The molecule has 0 bridgehead atoms. The largest absolute Gasteiger partial charge is 0.459 e. The van der Waals surface area contributed by atoms with Crippen LogP contribution in [0.25, 0.3) is 0 Å². The zero-order valence-corrected chi connectivity index (χ0v) is 14.1. The van der Waals surface area contributed by atoms with Crippen molar-refractivity contribution in [3.05, 3.63) is 24.2 Å². The van der Waals surface area contributed by atoms with Gasteiger partial charge in [-0.3, -0.25) is 4.79 Å². The smallest absolute Gasteiger partial charge is 0.289 e. The Bertz CT molecular complexity index is 462. The molecule has 1 atom stereocenters. The maximum absolute atomic E-state index is 12.2. The molecule has 1 aromatic rings. The van der Waals surface area contributed by atoms with E-state index in [1.54, 1.807) is 25.5 Å². The number of hydrogen-bond acceptors (Lipinski definition) is 4. The Kier molecular flexibility index (Phi) is 5.64. The number of nitrogens with zero attached hydrogens (tertiary/aromatic N) is 1. The van der Waals surface area contributed by atoms with Gasteiger partial charge in [-0.15, -0.1) is 0 Å². The van der Waals surface area contributed by atoms with Crippen molar-refractivity contribution in [1.29, 1.82) is 0 Å². The van der Waals surface area contributed by atoms with Crippen LogP contribution in [0.2, 0.25) is 0 Å². The molecule has 0 aromatic carbocycles. The first-order valence-electron chi connectivity index (χ1n) is 8.05. The Morgan fingerprint density at radius 3 is 2.73 bits per heavy atom. The zero-order chi connectivity index (χ0) is 16.2. The van der Waals surface area contributed by atoms with Crippen LogP contribution in [0.1, 0.15) is 50.6 Å². The van der Waals surface area contributed by atoms with Crippen molar-refractivity contribution >= 4 is 5.91 Å². The third-order valence-electron chi connectivity index (χ3n) is 4.38. The quantitative estimate of drug-likeness (QED) is 0.878. The standard InChI is InChI=1S/C17H28N2O3/c1-13(12-17(2,3)21-4)18-14-7-9-19(10-8-14)16(20)15-6-5-11-22-15/h5-6,11,13-14,18H,7-10,12H2,1-4H3/t13-/m0/s1. The summed E-state index contributed by atoms with van der Waals surface area (Å²) < 4.78 is 10.7. The Hall–Kier alpha value is -1.33. The summed E-state index contributed by atoms with van der Waals surface area (Å²) in [4.78, 5) is 14.1. The van der Waals surface area contributed by atoms with Crippen molar-refractivity contribution in [3.63, 3.8) is 0 Å². The van der Waals surface area contributed by atoms with Crippen LogP contribution in [0.4, 0.5) is 0 Å². The van der Waals surface area contributed by atoms with Gasteiger partial charge in [-0.2, -0.15) is 0 Å². The van der Waals surface area contributed by atoms with Gasteiger partial charge in [0.1, 0.15) is 0 Å². The average molecular weight is 308 g/mol. The van der Waals surface area contributed by atoms with E-state index in [-0.39, 0.29) is 11.5 Å². The second kappa shape index (κ2) is 7.29. The molecule has 5 nitrogen and oxygen atoms in total. The fourth-order valence-electron chi connectivity index (χ4n) is 3.09. The van der Waals surface area contributed by atoms with Gasteiger partial charge in [0, 0.05) is 32.3 Å². The highest BCUT2D eigenvalue weighted by atomic mass is 16.5. The molecule has 0 spiro atoms. The number of piperidine rings is 1. The fourth-order valence-corrected chi connectivity index (χ4v) is 3.09. The van der Waals surface area contributed by atoms with Gasteiger partial charge in [-0.25, -0.2) is 0 Å². The highest BCUT2D eigenvalue weighted by molar-refractivity contribution is 5.91. The van der Waals surface area contributed by atoms with Gasteiger partial charge in [0.05, 0.1) is 11.9 Å². The molecule has 0 radical (unpaired) electrons. The lowest BCUT2D eigenvalue weighted by molar-refractivity contribution is 0.00697. The number of carbonyl (C=O) groups excluding carboxylic acids is 1. The lowest BCUT2D eigenvalue weighted by Crippen LogP contribution is -2.48. The Morgan fingerprint density at radius 1 is 1.50 bits per heavy atom. The number of hydrogen-bond donors (Lipinski definition) is 1. The van der Waals surface area contributed by atoms with E-state index in [2.05, 4.69) is 26.1 Å². The number of nitrogens with one attached hydrogen (secondary N) is 1. The van der Waals surface area contributed by atoms with Gasteiger partial charge >= 0.3 is 0 Å². The van der Waals surface area contributed by atoms with Gasteiger partial charge in [-0.1, -0.05) is 0 Å². The molecule has 1 aliphatic rings. The Morgan fingerprint density at radius 2 is 2.18 bits per heavy atom. The number of likely N-dealkylation sites (tertiary alicyclic amines) is 1. The zero-order valence-electron chi connectivity index (χ0n) is 14.1. The van der Waals surface area contributed by atoms with Crippen LogP contribution in [0.3, 0.4) is 0 Å². The van der Waals surface area contributed by atoms with E-state index >= 15 is 0 Å². The minimum absolute atomic E-state index is 0.00276. The fraction of sp³-hybridized carbons (Fsp3) is 0.706. The third kappa shape index (κ3) is 4.58. The van der Waals surface area contributed by atoms with Gasteiger partial charge in [0.2, 0.25) is 0 Å². The van der Waals surface area contributed by atoms with Crippen LogP contribution in [0, 0.1) is 0 Å². The van der Waals surface area contributed by atoms with Gasteiger partial charge in [-0.05, 0) is 52.2 Å². The molecular formula is C17H28N2O3. The summed E-state index contributed by atoms with van der Waals surface area (Å²) in [5.74, 6) is 0.429. The average Bonchev–Trinajstić information content (AvgIpc) is 3.01. The second-order valence-electron chi connectivity index (χ2n) is 6.78. The molecule has 1 saturated heterocycles. The maximum atomic E-state index is 12.2. The second-order valence-corrected chi connectivity index (χ2v) is 6.78. The summed E-state index contributed by atoms with van der Waals surface area (Å²) in [5.41, 5.74) is -0.109. The number of ether oxygens (including phenoxy) is 1. The predicted octanol–water partition coefficient (Wildman–Crippen LogP) is 2.68. The van der Waals surface area contributed by atoms with Gasteiger partial charge in [0.15, 0.2) is 5.76 Å². The molecule has 0 unspecified atom stereocenters. The minimum Gasteiger partial charge on any atom is -0.459 e. The molecule has 1 aliphatic heterocycles. The van der Waals surface area contributed by atoms with Crippen LogP contribution in [0.5, 0.6) is 0 Å². The van der Waals surface area contributed by atoms with Gasteiger partial charge in [0.25, 0.3) is 5.91 Å². The number of methoxy groups -OCH3 is 1. The first-order chi connectivity index (χ1) is 10.4. The van der Waals surface area contributed by atoms with Gasteiger partial charge < -0.3 is 19.4 Å². The van der Waals surface area contributed by atoms with E-state index in [4.69, 9.17) is 9.15 Å². The topological polar surface area (TPSA) is 54.7 Å². The molecule has 0 aliphatic carbocycles. The molecule has 1 N–H and O–H groups in total. The summed E-state index contributed by atoms with van der Waals surface area (Å²) in [6, 6.07) is 4.33. The summed E-state index contributed by atoms with van der Waals surface area (Å²) >= 11 is 0. The van der Waals surface area contributed by atoms with E-state index in [1.807, 2.05) is 4.90 Å². The van der Waals surface area contributed by atoms with Crippen molar-refractivity contribution in [3.8, 4) is 0 Å². The van der Waals surface area contributed by atoms with E-state index in [0.717, 1.165) is 32.4 Å². The first kappa shape index (κ1) is 17.0. The molecule has 1 aromatic heterocycles. The first-order valence-corrected chi connectivity index (χ1v) is 8.05. The highest BCUT2D eigenvalue weighted by Crippen LogP contribution is 2.18. The van der Waals surface area contributed by atoms with Crippen LogP contribution < -0.4 is 5.32 Å². The van der Waals surface area contributed by atoms with Crippen molar-refractivity contribution in [1.82, 2.24) is 10.2 Å². The number of amides is 1. The number of furan rings is 1. The van der Waals surface area contributed by atoms with Crippen LogP contribution in [-0.2, 0) is 4.74 Å². The molecule has 0 saturated carbocycles. The van der Waals surface area contributed by atoms with Crippen LogP contribution >= 0.6 is 0 Å². The molecular weight excluding hydrogens is 280 g/mol. The van der Waals surface area contributed by atoms with Crippen molar-refractivity contribution in [2.24, 2.45) is 0 Å². The normalized spacial score (nSPS) is 18.5. The molecule has 5 heteroatoms. The highest BCUT2D eigenvalue weighted by Gasteiger charge is 2.27. The molecule has 124 valence electrons. The van der Waals surface area contributed by atoms with Crippen molar-refractivity contribution in [2.45, 2.75) is 57.7 Å². The van der Waals surface area contributed by atoms with E-state index in [1.165, 1.54) is 0 Å². The summed E-state index contributed by atoms with van der Waals surface area (Å²) in [5, 5.41) is 3.66. The van der Waals surface area contributed by atoms with Crippen molar-refractivity contribution in [2.75, 3.05) is 20.2 Å². The lowest BCUT2D eigenvalue weighted by atomic mass is 9.97. The number of rotatable bonds is 6.